The summed E-state index contributed by atoms with van der Waals surface area (Å²) in [6.45, 7) is 0. The molecule has 0 aliphatic rings. The molecule has 0 N–H and O–H groups in total. The molecule has 11 rings (SSSR count). The Bertz CT molecular complexity index is 3170. The molecule has 0 aliphatic heterocycles. The van der Waals surface area contributed by atoms with Crippen LogP contribution in [-0.2, 0) is 0 Å². The van der Waals surface area contributed by atoms with E-state index in [0.29, 0.717) is 17.5 Å². The minimum atomic E-state index is 0.616. The van der Waals surface area contributed by atoms with E-state index >= 15 is 0 Å². The highest BCUT2D eigenvalue weighted by Gasteiger charge is 2.25. The number of hydrogen-bond acceptors (Lipinski definition) is 5. The standard InChI is InChI=1S/C50H31N5O/c1-4-16-33(17-5-1)48-52-49(34-18-6-2-7-19-34)54-50(53-48)35-30-28-32(29-31-35)37-22-10-11-23-38(37)44-43-45-47(56-46(43)39-24-12-14-26-41(39)51-44)40-25-13-15-27-42(40)55(45)36-20-8-3-9-21-36/h1-31H. The molecule has 4 heterocycles. The first-order valence-electron chi connectivity index (χ1n) is 18.7. The molecule has 0 fully saturated rings. The second kappa shape index (κ2) is 13.0. The summed E-state index contributed by atoms with van der Waals surface area (Å²) < 4.78 is 9.27. The molecule has 0 radical (unpaired) electrons. The van der Waals surface area contributed by atoms with Crippen molar-refractivity contribution in [1.29, 1.82) is 0 Å². The molecule has 0 saturated heterocycles. The van der Waals surface area contributed by atoms with Crippen LogP contribution in [0.2, 0.25) is 0 Å². The van der Waals surface area contributed by atoms with Gasteiger partial charge in [-0.15, -0.1) is 0 Å². The summed E-state index contributed by atoms with van der Waals surface area (Å²) in [7, 11) is 0. The Hall–Kier alpha value is -7.70. The highest BCUT2D eigenvalue weighted by molar-refractivity contribution is 6.24. The minimum absolute atomic E-state index is 0.616. The van der Waals surface area contributed by atoms with Gasteiger partial charge in [-0.05, 0) is 47.5 Å². The lowest BCUT2D eigenvalue weighted by atomic mass is 9.94. The first-order chi connectivity index (χ1) is 27.8. The van der Waals surface area contributed by atoms with E-state index in [-0.39, 0.29) is 0 Å². The molecule has 11 aromatic rings. The number of nitrogens with zero attached hydrogens (tertiary/aromatic N) is 5. The Balaban J connectivity index is 1.11. The van der Waals surface area contributed by atoms with Gasteiger partial charge in [0.25, 0.3) is 0 Å². The predicted octanol–water partition coefficient (Wildman–Crippen LogP) is 12.6. The third-order valence-electron chi connectivity index (χ3n) is 10.5. The first kappa shape index (κ1) is 31.8. The monoisotopic (exact) mass is 717 g/mol. The van der Waals surface area contributed by atoms with Crippen LogP contribution in [0, 0.1) is 0 Å². The van der Waals surface area contributed by atoms with Gasteiger partial charge < -0.3 is 8.98 Å². The summed E-state index contributed by atoms with van der Waals surface area (Å²) in [5.41, 5.74) is 12.5. The van der Waals surface area contributed by atoms with Gasteiger partial charge in [-0.1, -0.05) is 152 Å². The topological polar surface area (TPSA) is 69.6 Å². The van der Waals surface area contributed by atoms with Crippen LogP contribution in [0.15, 0.2) is 192 Å². The van der Waals surface area contributed by atoms with E-state index in [9.17, 15) is 0 Å². The van der Waals surface area contributed by atoms with E-state index in [4.69, 9.17) is 24.4 Å². The van der Waals surface area contributed by atoms with E-state index in [2.05, 4.69) is 114 Å². The summed E-state index contributed by atoms with van der Waals surface area (Å²) >= 11 is 0. The van der Waals surface area contributed by atoms with Crippen LogP contribution in [0.3, 0.4) is 0 Å². The van der Waals surface area contributed by atoms with Crippen LogP contribution in [-0.4, -0.2) is 24.5 Å². The van der Waals surface area contributed by atoms with Crippen LogP contribution < -0.4 is 0 Å². The van der Waals surface area contributed by atoms with Crippen molar-refractivity contribution >= 4 is 43.9 Å². The molecule has 4 aromatic heterocycles. The van der Waals surface area contributed by atoms with Gasteiger partial charge in [0, 0.05) is 38.7 Å². The number of rotatable bonds is 6. The van der Waals surface area contributed by atoms with Gasteiger partial charge in [0.05, 0.1) is 22.1 Å². The fraction of sp³-hybridized carbons (Fsp3) is 0. The van der Waals surface area contributed by atoms with Gasteiger partial charge in [0.15, 0.2) is 23.1 Å². The van der Waals surface area contributed by atoms with Crippen LogP contribution in [0.1, 0.15) is 0 Å². The number of para-hydroxylation sites is 3. The van der Waals surface area contributed by atoms with Gasteiger partial charge in [0.2, 0.25) is 0 Å². The van der Waals surface area contributed by atoms with Gasteiger partial charge in [-0.25, -0.2) is 19.9 Å². The summed E-state index contributed by atoms with van der Waals surface area (Å²) in [6.07, 6.45) is 0. The van der Waals surface area contributed by atoms with Crippen molar-refractivity contribution in [2.45, 2.75) is 0 Å². The lowest BCUT2D eigenvalue weighted by Gasteiger charge is -2.14. The number of pyridine rings is 1. The Morgan fingerprint density at radius 3 is 1.54 bits per heavy atom. The van der Waals surface area contributed by atoms with Crippen molar-refractivity contribution in [2.24, 2.45) is 0 Å². The fourth-order valence-electron chi connectivity index (χ4n) is 7.87. The lowest BCUT2D eigenvalue weighted by molar-refractivity contribution is 0.676. The summed E-state index contributed by atoms with van der Waals surface area (Å²) in [5, 5.41) is 3.02. The summed E-state index contributed by atoms with van der Waals surface area (Å²) in [5.74, 6) is 1.88. The van der Waals surface area contributed by atoms with E-state index in [1.54, 1.807) is 0 Å². The van der Waals surface area contributed by atoms with Gasteiger partial charge >= 0.3 is 0 Å². The van der Waals surface area contributed by atoms with Crippen LogP contribution in [0.4, 0.5) is 0 Å². The zero-order chi connectivity index (χ0) is 37.0. The smallest absolute Gasteiger partial charge is 0.164 e. The number of hydrogen-bond donors (Lipinski definition) is 0. The average molecular weight is 718 g/mol. The zero-order valence-electron chi connectivity index (χ0n) is 30.0. The molecule has 0 spiro atoms. The maximum Gasteiger partial charge on any atom is 0.164 e. The molecule has 262 valence electrons. The molecule has 0 bridgehead atoms. The van der Waals surface area contributed by atoms with Crippen molar-refractivity contribution in [3.63, 3.8) is 0 Å². The van der Waals surface area contributed by atoms with Crippen LogP contribution in [0.5, 0.6) is 0 Å². The molecule has 0 amide bonds. The average Bonchev–Trinajstić information content (AvgIpc) is 3.82. The number of fused-ring (bicyclic) bond motifs is 7. The number of benzene rings is 7. The SMILES string of the molecule is c1ccc(-c2nc(-c3ccccc3)nc(-c3ccc(-c4ccccc4-c4nc5ccccc5c5oc6c7ccccc7n(-c7ccccc7)c6c45)cc3)n2)cc1. The minimum Gasteiger partial charge on any atom is -0.453 e. The van der Waals surface area contributed by atoms with Crippen LogP contribution in [0.25, 0.3) is 106 Å². The third-order valence-corrected chi connectivity index (χ3v) is 10.5. The summed E-state index contributed by atoms with van der Waals surface area (Å²) in [6, 6.07) is 64.3. The Kier molecular flexibility index (Phi) is 7.38. The number of aromatic nitrogens is 5. The molecule has 7 aromatic carbocycles. The Morgan fingerprint density at radius 2 is 0.875 bits per heavy atom. The number of furan rings is 1. The second-order valence-electron chi connectivity index (χ2n) is 13.8. The van der Waals surface area contributed by atoms with E-state index in [0.717, 1.165) is 88.6 Å². The van der Waals surface area contributed by atoms with Gasteiger partial charge in [0.1, 0.15) is 11.1 Å². The molecule has 0 unspecified atom stereocenters. The van der Waals surface area contributed by atoms with Crippen molar-refractivity contribution in [3.8, 4) is 62.2 Å². The van der Waals surface area contributed by atoms with E-state index in [1.807, 2.05) is 78.9 Å². The fourth-order valence-corrected chi connectivity index (χ4v) is 7.87. The molecule has 6 nitrogen and oxygen atoms in total. The molecule has 6 heteroatoms. The van der Waals surface area contributed by atoms with Crippen molar-refractivity contribution in [2.75, 3.05) is 0 Å². The van der Waals surface area contributed by atoms with Crippen LogP contribution >= 0.6 is 0 Å². The summed E-state index contributed by atoms with van der Waals surface area (Å²) in [4.78, 5) is 20.2. The molecule has 0 aliphatic carbocycles. The van der Waals surface area contributed by atoms with E-state index < -0.39 is 0 Å². The molecule has 0 saturated carbocycles. The first-order valence-corrected chi connectivity index (χ1v) is 18.7. The maximum absolute atomic E-state index is 6.96. The molecular weight excluding hydrogens is 687 g/mol. The maximum atomic E-state index is 6.96. The quantitative estimate of drug-likeness (QED) is 0.171. The third kappa shape index (κ3) is 5.19. The highest BCUT2D eigenvalue weighted by atomic mass is 16.3. The molecular formula is C50H31N5O. The molecule has 0 atom stereocenters. The van der Waals surface area contributed by atoms with Gasteiger partial charge in [-0.2, -0.15) is 0 Å². The van der Waals surface area contributed by atoms with Crippen molar-refractivity contribution in [1.82, 2.24) is 24.5 Å². The zero-order valence-corrected chi connectivity index (χ0v) is 30.0. The van der Waals surface area contributed by atoms with Gasteiger partial charge in [-0.3, -0.25) is 0 Å². The molecule has 56 heavy (non-hydrogen) atoms. The highest BCUT2D eigenvalue weighted by Crippen LogP contribution is 2.46. The Labute approximate surface area is 322 Å². The predicted molar refractivity (Wildman–Crippen MR) is 226 cm³/mol. The van der Waals surface area contributed by atoms with Crippen molar-refractivity contribution in [3.05, 3.63) is 188 Å². The second-order valence-corrected chi connectivity index (χ2v) is 13.8. The normalized spacial score (nSPS) is 11.6. The largest absolute Gasteiger partial charge is 0.453 e. The lowest BCUT2D eigenvalue weighted by Crippen LogP contribution is -2.00. The van der Waals surface area contributed by atoms with E-state index in [1.165, 1.54) is 0 Å². The van der Waals surface area contributed by atoms with Crippen molar-refractivity contribution < 1.29 is 4.42 Å². The Morgan fingerprint density at radius 1 is 0.375 bits per heavy atom.